The van der Waals surface area contributed by atoms with Crippen LogP contribution in [0, 0.1) is 25.2 Å². The number of fused-ring (bicyclic) bond motifs is 3. The van der Waals surface area contributed by atoms with Gasteiger partial charge in [-0.1, -0.05) is 24.3 Å². The third-order valence-electron chi connectivity index (χ3n) is 6.99. The van der Waals surface area contributed by atoms with E-state index in [0.717, 1.165) is 59.6 Å². The molecule has 0 spiro atoms. The highest BCUT2D eigenvalue weighted by Gasteiger charge is 2.32. The standard InChI is InChI=1S/C27H28N6O2/c1-18-6-5-8-22(19(18)2)29-25(34)17-32-12-10-31(11-13-32)16-20-14-26(35)33-24-9-4-3-7-23(24)30-27(33)21(20)15-28/h3-9,14,21H,10-13,16-17H2,1-2H3,(H,29,34)/t21-/m0/s1. The Hall–Kier alpha value is -3.80. The number of aryl methyl sites for hydroxylation is 1. The van der Waals surface area contributed by atoms with Crippen LogP contribution in [0.5, 0.6) is 0 Å². The summed E-state index contributed by atoms with van der Waals surface area (Å²) in [6.07, 6.45) is 1.60. The van der Waals surface area contributed by atoms with E-state index < -0.39 is 5.92 Å². The molecule has 1 amide bonds. The number of para-hydroxylation sites is 2. The SMILES string of the molecule is Cc1cccc(NC(=O)CN2CCN(CC3=CC(=O)n4c(nc5ccccc54)[C@H]3C#N)CC2)c1C. The molecule has 0 unspecified atom stereocenters. The lowest BCUT2D eigenvalue weighted by Crippen LogP contribution is -2.49. The number of nitriles is 1. The monoisotopic (exact) mass is 468 g/mol. The van der Waals surface area contributed by atoms with E-state index in [4.69, 9.17) is 0 Å². The summed E-state index contributed by atoms with van der Waals surface area (Å²) >= 11 is 0. The highest BCUT2D eigenvalue weighted by molar-refractivity contribution is 5.99. The van der Waals surface area contributed by atoms with Gasteiger partial charge in [0.25, 0.3) is 5.91 Å². The van der Waals surface area contributed by atoms with Gasteiger partial charge in [-0.2, -0.15) is 5.26 Å². The first-order valence-corrected chi connectivity index (χ1v) is 11.9. The Bertz CT molecular complexity index is 1370. The second-order valence-corrected chi connectivity index (χ2v) is 9.26. The number of carbonyl (C=O) groups excluding carboxylic acids is 2. The maximum absolute atomic E-state index is 12.9. The lowest BCUT2D eigenvalue weighted by atomic mass is 9.95. The molecule has 0 bridgehead atoms. The second-order valence-electron chi connectivity index (χ2n) is 9.26. The molecule has 3 heterocycles. The largest absolute Gasteiger partial charge is 0.325 e. The molecule has 5 rings (SSSR count). The van der Waals surface area contributed by atoms with Gasteiger partial charge in [0.05, 0.1) is 23.6 Å². The predicted molar refractivity (Wildman–Crippen MR) is 134 cm³/mol. The number of carbonyl (C=O) groups is 2. The molecule has 0 saturated carbocycles. The summed E-state index contributed by atoms with van der Waals surface area (Å²) in [7, 11) is 0. The van der Waals surface area contributed by atoms with Crippen molar-refractivity contribution in [2.24, 2.45) is 0 Å². The van der Waals surface area contributed by atoms with E-state index >= 15 is 0 Å². The normalized spacial score (nSPS) is 18.7. The topological polar surface area (TPSA) is 94.3 Å². The maximum atomic E-state index is 12.9. The molecule has 1 atom stereocenters. The van der Waals surface area contributed by atoms with Crippen LogP contribution in [0.25, 0.3) is 11.0 Å². The molecule has 1 saturated heterocycles. The fourth-order valence-electron chi connectivity index (χ4n) is 4.86. The van der Waals surface area contributed by atoms with Gasteiger partial charge < -0.3 is 5.32 Å². The number of allylic oxidation sites excluding steroid dienone is 1. The van der Waals surface area contributed by atoms with Gasteiger partial charge in [0.1, 0.15) is 11.7 Å². The molecule has 8 nitrogen and oxygen atoms in total. The van der Waals surface area contributed by atoms with Crippen molar-refractivity contribution < 1.29 is 9.59 Å². The number of nitrogens with one attached hydrogen (secondary N) is 1. The first-order valence-electron chi connectivity index (χ1n) is 11.9. The van der Waals surface area contributed by atoms with Crippen LogP contribution in [0.15, 0.2) is 54.1 Å². The quantitative estimate of drug-likeness (QED) is 0.618. The van der Waals surface area contributed by atoms with E-state index in [1.165, 1.54) is 0 Å². The number of benzene rings is 2. The number of amides is 1. The van der Waals surface area contributed by atoms with Gasteiger partial charge in [-0.25, -0.2) is 4.98 Å². The van der Waals surface area contributed by atoms with Crippen molar-refractivity contribution >= 4 is 28.5 Å². The highest BCUT2D eigenvalue weighted by Crippen LogP contribution is 2.31. The van der Waals surface area contributed by atoms with Crippen LogP contribution >= 0.6 is 0 Å². The molecular weight excluding hydrogens is 440 g/mol. The zero-order chi connectivity index (χ0) is 24.5. The molecule has 0 aliphatic carbocycles. The zero-order valence-corrected chi connectivity index (χ0v) is 20.0. The number of anilines is 1. The van der Waals surface area contributed by atoms with Crippen molar-refractivity contribution in [3.8, 4) is 6.07 Å². The van der Waals surface area contributed by atoms with Gasteiger partial charge in [-0.3, -0.25) is 24.0 Å². The summed E-state index contributed by atoms with van der Waals surface area (Å²) in [5.41, 5.74) is 5.33. The predicted octanol–water partition coefficient (Wildman–Crippen LogP) is 3.10. The summed E-state index contributed by atoms with van der Waals surface area (Å²) in [6, 6.07) is 15.7. The Morgan fingerprint density at radius 1 is 1.09 bits per heavy atom. The average Bonchev–Trinajstić information content (AvgIpc) is 3.23. The van der Waals surface area contributed by atoms with Crippen molar-refractivity contribution in [1.29, 1.82) is 5.26 Å². The first kappa shape index (κ1) is 23.0. The molecule has 35 heavy (non-hydrogen) atoms. The summed E-state index contributed by atoms with van der Waals surface area (Å²) in [5, 5.41) is 12.9. The number of nitrogens with zero attached hydrogens (tertiary/aromatic N) is 5. The van der Waals surface area contributed by atoms with E-state index in [1.807, 2.05) is 56.3 Å². The van der Waals surface area contributed by atoms with Crippen molar-refractivity contribution in [2.75, 3.05) is 44.6 Å². The number of hydrogen-bond donors (Lipinski definition) is 1. The molecule has 1 aromatic heterocycles. The molecule has 2 aliphatic heterocycles. The number of rotatable bonds is 5. The molecule has 0 radical (unpaired) electrons. The molecular formula is C27H28N6O2. The smallest absolute Gasteiger partial charge is 0.256 e. The summed E-state index contributed by atoms with van der Waals surface area (Å²) in [5.74, 6) is -0.229. The third-order valence-corrected chi connectivity index (χ3v) is 6.99. The van der Waals surface area contributed by atoms with E-state index in [-0.39, 0.29) is 11.8 Å². The van der Waals surface area contributed by atoms with Gasteiger partial charge in [-0.15, -0.1) is 0 Å². The van der Waals surface area contributed by atoms with Crippen LogP contribution in [-0.2, 0) is 4.79 Å². The fraction of sp³-hybridized carbons (Fsp3) is 0.333. The first-order chi connectivity index (χ1) is 16.9. The van der Waals surface area contributed by atoms with Crippen molar-refractivity contribution in [3.63, 3.8) is 0 Å². The minimum absolute atomic E-state index is 0.0174. The average molecular weight is 469 g/mol. The van der Waals surface area contributed by atoms with Crippen LogP contribution in [-0.4, -0.2) is 70.4 Å². The highest BCUT2D eigenvalue weighted by atomic mass is 16.2. The van der Waals surface area contributed by atoms with Crippen LogP contribution < -0.4 is 5.32 Å². The van der Waals surface area contributed by atoms with Gasteiger partial charge in [0, 0.05) is 44.5 Å². The molecule has 178 valence electrons. The molecule has 1 N–H and O–H groups in total. The molecule has 8 heteroatoms. The van der Waals surface area contributed by atoms with Gasteiger partial charge in [0.2, 0.25) is 5.91 Å². The zero-order valence-electron chi connectivity index (χ0n) is 20.0. The van der Waals surface area contributed by atoms with Crippen LogP contribution in [0.1, 0.15) is 27.7 Å². The molecule has 3 aromatic rings. The van der Waals surface area contributed by atoms with E-state index in [9.17, 15) is 14.9 Å². The molecule has 1 fully saturated rings. The number of hydrogen-bond acceptors (Lipinski definition) is 6. The number of aromatic nitrogens is 2. The summed E-state index contributed by atoms with van der Waals surface area (Å²) in [4.78, 5) is 34.5. The van der Waals surface area contributed by atoms with Crippen LogP contribution in [0.4, 0.5) is 5.69 Å². The number of imidazole rings is 1. The Morgan fingerprint density at radius 2 is 1.83 bits per heavy atom. The minimum Gasteiger partial charge on any atom is -0.325 e. The van der Waals surface area contributed by atoms with Crippen LogP contribution in [0.3, 0.4) is 0 Å². The Labute approximate surface area is 204 Å². The lowest BCUT2D eigenvalue weighted by molar-refractivity contribution is -0.117. The van der Waals surface area contributed by atoms with Gasteiger partial charge >= 0.3 is 0 Å². The van der Waals surface area contributed by atoms with Crippen LogP contribution in [0.2, 0.25) is 0 Å². The molecule has 2 aliphatic rings. The fourth-order valence-corrected chi connectivity index (χ4v) is 4.86. The van der Waals surface area contributed by atoms with Crippen molar-refractivity contribution in [2.45, 2.75) is 19.8 Å². The van der Waals surface area contributed by atoms with Crippen molar-refractivity contribution in [3.05, 3.63) is 71.1 Å². The summed E-state index contributed by atoms with van der Waals surface area (Å²) < 4.78 is 1.55. The van der Waals surface area contributed by atoms with Crippen molar-refractivity contribution in [1.82, 2.24) is 19.4 Å². The lowest BCUT2D eigenvalue weighted by Gasteiger charge is -2.35. The Morgan fingerprint density at radius 3 is 2.60 bits per heavy atom. The maximum Gasteiger partial charge on any atom is 0.256 e. The minimum atomic E-state index is -0.554. The van der Waals surface area contributed by atoms with E-state index in [0.29, 0.717) is 18.9 Å². The summed E-state index contributed by atoms with van der Waals surface area (Å²) in [6.45, 7) is 7.94. The second kappa shape index (κ2) is 9.45. The number of piperazine rings is 1. The van der Waals surface area contributed by atoms with E-state index in [2.05, 4.69) is 26.2 Å². The Balaban J connectivity index is 1.20. The Kier molecular flexibility index (Phi) is 6.20. The van der Waals surface area contributed by atoms with Gasteiger partial charge in [-0.05, 0) is 48.7 Å². The van der Waals surface area contributed by atoms with E-state index in [1.54, 1.807) is 10.6 Å². The third kappa shape index (κ3) is 4.48. The molecule has 2 aromatic carbocycles. The van der Waals surface area contributed by atoms with Gasteiger partial charge in [0.15, 0.2) is 0 Å².